The van der Waals surface area contributed by atoms with Gasteiger partial charge in [0.25, 0.3) is 5.91 Å². The van der Waals surface area contributed by atoms with Crippen molar-refractivity contribution in [3.05, 3.63) is 41.0 Å². The molecule has 3 aromatic rings. The van der Waals surface area contributed by atoms with Crippen LogP contribution in [0.1, 0.15) is 35.0 Å². The lowest BCUT2D eigenvalue weighted by molar-refractivity contribution is 0.103. The Morgan fingerprint density at radius 1 is 1.00 bits per heavy atom. The van der Waals surface area contributed by atoms with E-state index in [-0.39, 0.29) is 5.91 Å². The first-order chi connectivity index (χ1) is 16.0. The number of likely N-dealkylation sites (N-methyl/N-ethyl adjacent to an activating group) is 1. The van der Waals surface area contributed by atoms with E-state index >= 15 is 0 Å². The molecule has 2 aliphatic rings. The maximum Gasteiger partial charge on any atom is 0.266 e. The lowest BCUT2D eigenvalue weighted by Gasteiger charge is -2.33. The van der Waals surface area contributed by atoms with Crippen molar-refractivity contribution in [2.75, 3.05) is 61.4 Å². The summed E-state index contributed by atoms with van der Waals surface area (Å²) in [6.45, 7) is 10.4. The van der Waals surface area contributed by atoms with Crippen molar-refractivity contribution in [3.8, 4) is 0 Å². The molecule has 1 N–H and O–H groups in total. The van der Waals surface area contributed by atoms with Crippen molar-refractivity contribution in [2.24, 2.45) is 5.92 Å². The van der Waals surface area contributed by atoms with Crippen LogP contribution in [0.5, 0.6) is 0 Å². The highest BCUT2D eigenvalue weighted by Gasteiger charge is 2.24. The number of thiophene rings is 1. The van der Waals surface area contributed by atoms with Gasteiger partial charge in [0.2, 0.25) is 0 Å². The number of hydrogen-bond acceptors (Lipinski definition) is 7. The fourth-order valence-electron chi connectivity index (χ4n) is 4.74. The van der Waals surface area contributed by atoms with Gasteiger partial charge >= 0.3 is 0 Å². The van der Waals surface area contributed by atoms with Gasteiger partial charge in [-0.25, -0.2) is 9.97 Å². The predicted octanol–water partition coefficient (Wildman–Crippen LogP) is 4.24. The fraction of sp³-hybridized carbons (Fsp3) is 0.480. The highest BCUT2D eigenvalue weighted by molar-refractivity contribution is 7.20. The lowest BCUT2D eigenvalue weighted by atomic mass is 9.99. The monoisotopic (exact) mass is 464 g/mol. The lowest BCUT2D eigenvalue weighted by Crippen LogP contribution is -2.44. The van der Waals surface area contributed by atoms with Gasteiger partial charge in [0.1, 0.15) is 17.0 Å². The molecule has 0 saturated carbocycles. The number of hydrogen-bond donors (Lipinski definition) is 1. The third-order valence-electron chi connectivity index (χ3n) is 6.99. The number of piperidine rings is 1. The summed E-state index contributed by atoms with van der Waals surface area (Å²) in [6, 6.07) is 8.23. The van der Waals surface area contributed by atoms with Crippen molar-refractivity contribution in [1.82, 2.24) is 14.9 Å². The summed E-state index contributed by atoms with van der Waals surface area (Å²) >= 11 is 1.45. The molecule has 0 spiro atoms. The summed E-state index contributed by atoms with van der Waals surface area (Å²) in [5.74, 6) is 1.67. The number of anilines is 3. The number of piperazine rings is 1. The third-order valence-corrected chi connectivity index (χ3v) is 8.19. The van der Waals surface area contributed by atoms with Gasteiger partial charge in [-0.3, -0.25) is 4.79 Å². The summed E-state index contributed by atoms with van der Waals surface area (Å²) in [4.78, 5) is 30.9. The fourth-order valence-corrected chi connectivity index (χ4v) is 5.78. The number of aromatic nitrogens is 2. The second-order valence-corrected chi connectivity index (χ2v) is 10.4. The Bertz CT molecular complexity index is 1130. The van der Waals surface area contributed by atoms with Crippen LogP contribution in [0.15, 0.2) is 30.6 Å². The normalized spacial score (nSPS) is 18.2. The Kier molecular flexibility index (Phi) is 6.21. The minimum Gasteiger partial charge on any atom is -0.372 e. The van der Waals surface area contributed by atoms with Gasteiger partial charge in [0.15, 0.2) is 0 Å². The molecule has 4 heterocycles. The molecule has 0 radical (unpaired) electrons. The number of aryl methyl sites for hydroxylation is 1. The van der Waals surface area contributed by atoms with E-state index in [0.29, 0.717) is 4.88 Å². The van der Waals surface area contributed by atoms with E-state index in [9.17, 15) is 4.79 Å². The largest absolute Gasteiger partial charge is 0.372 e. The Balaban J connectivity index is 1.33. The molecule has 1 aromatic carbocycles. The number of benzene rings is 1. The molecule has 7 nitrogen and oxygen atoms in total. The maximum atomic E-state index is 13.2. The number of fused-ring (bicyclic) bond motifs is 1. The van der Waals surface area contributed by atoms with Crippen LogP contribution in [0.4, 0.5) is 17.2 Å². The van der Waals surface area contributed by atoms with E-state index in [4.69, 9.17) is 0 Å². The standard InChI is InChI=1S/C25H32N6OS/c1-17-8-10-30(11-9-17)20-6-4-19(5-7-20)28-24(32)22-18(2)21-23(26-16-27-25(21)33-22)31-14-12-29(3)13-15-31/h4-7,16-17H,8-15H2,1-3H3,(H,28,32). The summed E-state index contributed by atoms with van der Waals surface area (Å²) in [7, 11) is 2.14. The van der Waals surface area contributed by atoms with E-state index in [1.165, 1.54) is 29.9 Å². The quantitative estimate of drug-likeness (QED) is 0.623. The average Bonchev–Trinajstić information content (AvgIpc) is 3.17. The van der Waals surface area contributed by atoms with Gasteiger partial charge in [-0.2, -0.15) is 0 Å². The van der Waals surface area contributed by atoms with Crippen LogP contribution in [0.25, 0.3) is 10.2 Å². The number of carbonyl (C=O) groups is 1. The number of carbonyl (C=O) groups excluding carboxylic acids is 1. The smallest absolute Gasteiger partial charge is 0.266 e. The predicted molar refractivity (Wildman–Crippen MR) is 137 cm³/mol. The van der Waals surface area contributed by atoms with Crippen molar-refractivity contribution >= 4 is 44.7 Å². The molecule has 2 saturated heterocycles. The van der Waals surface area contributed by atoms with Gasteiger partial charge in [-0.1, -0.05) is 6.92 Å². The van der Waals surface area contributed by atoms with Crippen molar-refractivity contribution in [1.29, 1.82) is 0 Å². The van der Waals surface area contributed by atoms with Crippen LogP contribution in [-0.2, 0) is 0 Å². The average molecular weight is 465 g/mol. The maximum absolute atomic E-state index is 13.2. The highest BCUT2D eigenvalue weighted by Crippen LogP contribution is 2.35. The minimum atomic E-state index is -0.0839. The molecule has 2 aliphatic heterocycles. The molecule has 0 unspecified atom stereocenters. The van der Waals surface area contributed by atoms with Gasteiger partial charge in [0.05, 0.1) is 10.3 Å². The topological polar surface area (TPSA) is 64.6 Å². The third kappa shape index (κ3) is 4.54. The number of rotatable bonds is 4. The number of nitrogens with one attached hydrogen (secondary N) is 1. The second kappa shape index (κ2) is 9.27. The molecule has 0 aliphatic carbocycles. The molecule has 174 valence electrons. The van der Waals surface area contributed by atoms with Crippen molar-refractivity contribution in [2.45, 2.75) is 26.7 Å². The molecule has 33 heavy (non-hydrogen) atoms. The molecular formula is C25H32N6OS. The Morgan fingerprint density at radius 3 is 2.39 bits per heavy atom. The number of nitrogens with zero attached hydrogens (tertiary/aromatic N) is 5. The van der Waals surface area contributed by atoms with E-state index in [0.717, 1.165) is 72.5 Å². The van der Waals surface area contributed by atoms with E-state index in [1.54, 1.807) is 6.33 Å². The van der Waals surface area contributed by atoms with Gasteiger partial charge in [-0.05, 0) is 62.6 Å². The van der Waals surface area contributed by atoms with Crippen LogP contribution >= 0.6 is 11.3 Å². The van der Waals surface area contributed by atoms with E-state index in [2.05, 4.69) is 56.1 Å². The minimum absolute atomic E-state index is 0.0839. The van der Waals surface area contributed by atoms with Crippen molar-refractivity contribution < 1.29 is 4.79 Å². The molecular weight excluding hydrogens is 432 g/mol. The van der Waals surface area contributed by atoms with E-state index in [1.807, 2.05) is 19.1 Å². The SMILES string of the molecule is Cc1c(C(=O)Nc2ccc(N3CCC(C)CC3)cc2)sc2ncnc(N3CCN(C)CC3)c12. The molecule has 0 atom stereocenters. The molecule has 1 amide bonds. The van der Waals surface area contributed by atoms with E-state index < -0.39 is 0 Å². The van der Waals surface area contributed by atoms with Crippen LogP contribution in [0.3, 0.4) is 0 Å². The molecule has 2 aromatic heterocycles. The summed E-state index contributed by atoms with van der Waals surface area (Å²) in [6.07, 6.45) is 4.10. The highest BCUT2D eigenvalue weighted by atomic mass is 32.1. The Hall–Kier alpha value is -2.71. The van der Waals surface area contributed by atoms with Crippen LogP contribution < -0.4 is 15.1 Å². The van der Waals surface area contributed by atoms with Crippen LogP contribution in [-0.4, -0.2) is 67.1 Å². The van der Waals surface area contributed by atoms with Gasteiger partial charge in [0, 0.05) is 50.6 Å². The molecule has 0 bridgehead atoms. The first kappa shape index (κ1) is 22.1. The number of amides is 1. The summed E-state index contributed by atoms with van der Waals surface area (Å²) in [5.41, 5.74) is 3.00. The summed E-state index contributed by atoms with van der Waals surface area (Å²) < 4.78 is 0. The Labute approximate surface area is 199 Å². The molecule has 2 fully saturated rings. The van der Waals surface area contributed by atoms with Gasteiger partial charge < -0.3 is 20.0 Å². The van der Waals surface area contributed by atoms with Crippen LogP contribution in [0.2, 0.25) is 0 Å². The molecule has 8 heteroatoms. The zero-order valence-corrected chi connectivity index (χ0v) is 20.5. The zero-order valence-electron chi connectivity index (χ0n) is 19.7. The van der Waals surface area contributed by atoms with Crippen LogP contribution in [0, 0.1) is 12.8 Å². The first-order valence-corrected chi connectivity index (χ1v) is 12.6. The van der Waals surface area contributed by atoms with Gasteiger partial charge in [-0.15, -0.1) is 11.3 Å². The van der Waals surface area contributed by atoms with Crippen molar-refractivity contribution in [3.63, 3.8) is 0 Å². The zero-order chi connectivity index (χ0) is 22.9. The first-order valence-electron chi connectivity index (χ1n) is 11.8. The Morgan fingerprint density at radius 2 is 1.70 bits per heavy atom. The molecule has 5 rings (SSSR count). The summed E-state index contributed by atoms with van der Waals surface area (Å²) in [5, 5.41) is 4.09. The second-order valence-electron chi connectivity index (χ2n) is 9.39.